The highest BCUT2D eigenvalue weighted by molar-refractivity contribution is 5.16. The lowest BCUT2D eigenvalue weighted by Gasteiger charge is -2.42. The summed E-state index contributed by atoms with van der Waals surface area (Å²) < 4.78 is 6.08. The fraction of sp³-hybridized carbons (Fsp3) is 0.647. The summed E-state index contributed by atoms with van der Waals surface area (Å²) in [5.74, 6) is 0. The largest absolute Gasteiger partial charge is 0.375 e. The Hall–Kier alpha value is -0.900. The van der Waals surface area contributed by atoms with Gasteiger partial charge in [0, 0.05) is 30.6 Å². The minimum Gasteiger partial charge on any atom is -0.375 e. The molecule has 1 saturated heterocycles. The highest BCUT2D eigenvalue weighted by Crippen LogP contribution is 2.57. The molecule has 0 bridgehead atoms. The summed E-state index contributed by atoms with van der Waals surface area (Å²) in [6.45, 7) is 8.18. The zero-order valence-electron chi connectivity index (χ0n) is 12.6. The van der Waals surface area contributed by atoms with E-state index in [4.69, 9.17) is 10.5 Å². The molecule has 0 radical (unpaired) electrons. The fourth-order valence-corrected chi connectivity index (χ4v) is 3.54. The number of hydrogen-bond acceptors (Lipinski definition) is 3. The lowest BCUT2D eigenvalue weighted by Crippen LogP contribution is -2.55. The summed E-state index contributed by atoms with van der Waals surface area (Å²) in [5.41, 5.74) is 7.84. The van der Waals surface area contributed by atoms with Crippen LogP contribution in [0, 0.1) is 5.41 Å². The Morgan fingerprint density at radius 2 is 2.00 bits per heavy atom. The second kappa shape index (κ2) is 5.14. The predicted octanol–water partition coefficient (Wildman–Crippen LogP) is 2.40. The van der Waals surface area contributed by atoms with E-state index in [1.165, 1.54) is 18.4 Å². The third-order valence-electron chi connectivity index (χ3n) is 5.09. The smallest absolute Gasteiger partial charge is 0.0776 e. The van der Waals surface area contributed by atoms with Gasteiger partial charge in [0.25, 0.3) is 0 Å². The normalized spacial score (nSPS) is 26.4. The fourth-order valence-electron chi connectivity index (χ4n) is 3.54. The average Bonchev–Trinajstić information content (AvgIpc) is 3.21. The molecule has 1 heterocycles. The van der Waals surface area contributed by atoms with Crippen molar-refractivity contribution in [3.05, 3.63) is 35.9 Å². The van der Waals surface area contributed by atoms with Gasteiger partial charge in [-0.05, 0) is 32.3 Å². The Morgan fingerprint density at radius 3 is 2.60 bits per heavy atom. The number of ether oxygens (including phenoxy) is 1. The molecule has 0 amide bonds. The molecule has 1 saturated carbocycles. The van der Waals surface area contributed by atoms with Gasteiger partial charge in [-0.15, -0.1) is 0 Å². The van der Waals surface area contributed by atoms with E-state index in [1.54, 1.807) is 0 Å². The van der Waals surface area contributed by atoms with Gasteiger partial charge in [-0.2, -0.15) is 0 Å². The molecule has 1 aromatic rings. The number of benzene rings is 1. The number of nitrogens with zero attached hydrogens (tertiary/aromatic N) is 1. The van der Waals surface area contributed by atoms with Crippen molar-refractivity contribution in [3.63, 3.8) is 0 Å². The van der Waals surface area contributed by atoms with Crippen LogP contribution in [0.5, 0.6) is 0 Å². The molecule has 3 rings (SSSR count). The monoisotopic (exact) mass is 274 g/mol. The van der Waals surface area contributed by atoms with E-state index < -0.39 is 0 Å². The zero-order valence-corrected chi connectivity index (χ0v) is 12.6. The number of hydrogen-bond donors (Lipinski definition) is 1. The highest BCUT2D eigenvalue weighted by atomic mass is 16.5. The molecular formula is C17H26N2O. The molecule has 1 atom stereocenters. The molecule has 0 spiro atoms. The van der Waals surface area contributed by atoms with Gasteiger partial charge >= 0.3 is 0 Å². The molecule has 1 aliphatic heterocycles. The molecule has 2 aliphatic rings. The SMILES string of the molecule is CC(C)(N)C1(C2CN(Cc3ccccc3)CCO2)CC1. The lowest BCUT2D eigenvalue weighted by atomic mass is 9.79. The van der Waals surface area contributed by atoms with Crippen molar-refractivity contribution in [1.29, 1.82) is 0 Å². The lowest BCUT2D eigenvalue weighted by molar-refractivity contribution is -0.0831. The Morgan fingerprint density at radius 1 is 1.30 bits per heavy atom. The molecule has 110 valence electrons. The minimum absolute atomic E-state index is 0.145. The summed E-state index contributed by atoms with van der Waals surface area (Å²) in [5, 5.41) is 0. The second-order valence-corrected chi connectivity index (χ2v) is 6.96. The van der Waals surface area contributed by atoms with Crippen molar-refractivity contribution in [2.75, 3.05) is 19.7 Å². The summed E-state index contributed by atoms with van der Waals surface area (Å²) in [4.78, 5) is 2.51. The third-order valence-corrected chi connectivity index (χ3v) is 5.09. The standard InChI is InChI=1S/C17H26N2O/c1-16(2,18)17(8-9-17)15-13-19(10-11-20-15)12-14-6-4-3-5-7-14/h3-7,15H,8-13,18H2,1-2H3. The van der Waals surface area contributed by atoms with Gasteiger partial charge in [-0.3, -0.25) is 4.90 Å². The van der Waals surface area contributed by atoms with Crippen molar-refractivity contribution in [3.8, 4) is 0 Å². The van der Waals surface area contributed by atoms with Crippen LogP contribution in [-0.4, -0.2) is 36.2 Å². The number of morpholine rings is 1. The topological polar surface area (TPSA) is 38.5 Å². The molecule has 3 nitrogen and oxygen atoms in total. The van der Waals surface area contributed by atoms with Crippen molar-refractivity contribution in [1.82, 2.24) is 4.90 Å². The predicted molar refractivity (Wildman–Crippen MR) is 81.4 cm³/mol. The van der Waals surface area contributed by atoms with Crippen molar-refractivity contribution < 1.29 is 4.74 Å². The van der Waals surface area contributed by atoms with Crippen LogP contribution in [0.25, 0.3) is 0 Å². The van der Waals surface area contributed by atoms with Crippen LogP contribution in [0.1, 0.15) is 32.3 Å². The number of rotatable bonds is 4. The summed E-state index contributed by atoms with van der Waals surface area (Å²) in [6.07, 6.45) is 2.71. The van der Waals surface area contributed by atoms with Gasteiger partial charge < -0.3 is 10.5 Å². The highest BCUT2D eigenvalue weighted by Gasteiger charge is 2.58. The van der Waals surface area contributed by atoms with Gasteiger partial charge in [0.1, 0.15) is 0 Å². The maximum absolute atomic E-state index is 6.41. The van der Waals surface area contributed by atoms with E-state index in [0.717, 1.165) is 26.2 Å². The molecule has 3 heteroatoms. The molecule has 0 aromatic heterocycles. The van der Waals surface area contributed by atoms with Crippen LogP contribution in [0.2, 0.25) is 0 Å². The molecular weight excluding hydrogens is 248 g/mol. The zero-order chi connectivity index (χ0) is 14.2. The van der Waals surface area contributed by atoms with Gasteiger partial charge in [0.05, 0.1) is 12.7 Å². The molecule has 1 aromatic carbocycles. The quantitative estimate of drug-likeness (QED) is 0.916. The second-order valence-electron chi connectivity index (χ2n) is 6.96. The van der Waals surface area contributed by atoms with E-state index in [-0.39, 0.29) is 11.0 Å². The molecule has 1 aliphatic carbocycles. The minimum atomic E-state index is -0.145. The van der Waals surface area contributed by atoms with E-state index in [2.05, 4.69) is 49.1 Å². The van der Waals surface area contributed by atoms with Crippen LogP contribution in [0.4, 0.5) is 0 Å². The summed E-state index contributed by atoms with van der Waals surface area (Å²) >= 11 is 0. The number of nitrogens with two attached hydrogens (primary N) is 1. The molecule has 1 unspecified atom stereocenters. The van der Waals surface area contributed by atoms with E-state index in [1.807, 2.05) is 0 Å². The maximum Gasteiger partial charge on any atom is 0.0776 e. The Bertz CT molecular complexity index is 448. The van der Waals surface area contributed by atoms with Crippen molar-refractivity contribution in [2.24, 2.45) is 11.1 Å². The van der Waals surface area contributed by atoms with Gasteiger partial charge in [0.2, 0.25) is 0 Å². The third kappa shape index (κ3) is 2.62. The average molecular weight is 274 g/mol. The van der Waals surface area contributed by atoms with Gasteiger partial charge in [-0.25, -0.2) is 0 Å². The summed E-state index contributed by atoms with van der Waals surface area (Å²) in [7, 11) is 0. The van der Waals surface area contributed by atoms with Crippen LogP contribution < -0.4 is 5.73 Å². The van der Waals surface area contributed by atoms with Crippen LogP contribution in [-0.2, 0) is 11.3 Å². The van der Waals surface area contributed by atoms with Crippen LogP contribution >= 0.6 is 0 Å². The molecule has 20 heavy (non-hydrogen) atoms. The van der Waals surface area contributed by atoms with E-state index >= 15 is 0 Å². The Kier molecular flexibility index (Phi) is 3.61. The van der Waals surface area contributed by atoms with Crippen molar-refractivity contribution >= 4 is 0 Å². The first kappa shape index (κ1) is 14.1. The van der Waals surface area contributed by atoms with Crippen molar-refractivity contribution in [2.45, 2.75) is 44.9 Å². The van der Waals surface area contributed by atoms with Gasteiger partial charge in [-0.1, -0.05) is 30.3 Å². The van der Waals surface area contributed by atoms with Gasteiger partial charge in [0.15, 0.2) is 0 Å². The Labute approximate surface area is 122 Å². The van der Waals surface area contributed by atoms with Crippen LogP contribution in [0.15, 0.2) is 30.3 Å². The summed E-state index contributed by atoms with van der Waals surface area (Å²) in [6, 6.07) is 10.7. The molecule has 2 fully saturated rings. The maximum atomic E-state index is 6.41. The van der Waals surface area contributed by atoms with Crippen LogP contribution in [0.3, 0.4) is 0 Å². The first-order chi connectivity index (χ1) is 9.51. The van der Waals surface area contributed by atoms with E-state index in [0.29, 0.717) is 6.10 Å². The Balaban J connectivity index is 1.66. The van der Waals surface area contributed by atoms with E-state index in [9.17, 15) is 0 Å². The first-order valence-corrected chi connectivity index (χ1v) is 7.68. The first-order valence-electron chi connectivity index (χ1n) is 7.68. The molecule has 2 N–H and O–H groups in total.